The number of H-pyrrole nitrogens is 1. The topological polar surface area (TPSA) is 96.3 Å². The lowest BCUT2D eigenvalue weighted by Gasteiger charge is -2.19. The first-order chi connectivity index (χ1) is 11.0. The molecule has 0 aromatic carbocycles. The van der Waals surface area contributed by atoms with Crippen molar-refractivity contribution in [3.8, 4) is 0 Å². The maximum absolute atomic E-state index is 13.0. The summed E-state index contributed by atoms with van der Waals surface area (Å²) in [5.74, 6) is -5.36. The van der Waals surface area contributed by atoms with Crippen LogP contribution >= 0.6 is 0 Å². The van der Waals surface area contributed by atoms with Gasteiger partial charge in [0.15, 0.2) is 0 Å². The number of amides is 2. The molecule has 9 heteroatoms. The molecule has 0 spiro atoms. The van der Waals surface area contributed by atoms with E-state index in [2.05, 4.69) is 4.98 Å². The van der Waals surface area contributed by atoms with Gasteiger partial charge < -0.3 is 15.6 Å². The van der Waals surface area contributed by atoms with Crippen LogP contribution in [0.2, 0.25) is 0 Å². The Balaban J connectivity index is 2.31. The second-order valence-electron chi connectivity index (χ2n) is 6.21. The van der Waals surface area contributed by atoms with Gasteiger partial charge in [-0.3, -0.25) is 14.4 Å². The van der Waals surface area contributed by atoms with Crippen LogP contribution in [0, 0.1) is 11.8 Å². The Labute approximate surface area is 135 Å². The van der Waals surface area contributed by atoms with E-state index in [0.29, 0.717) is 5.69 Å². The molecular formula is C15H18F3N3O3. The number of rotatable bonds is 3. The third-order valence-electron chi connectivity index (χ3n) is 4.13. The van der Waals surface area contributed by atoms with Gasteiger partial charge in [0.1, 0.15) is 0 Å². The highest BCUT2D eigenvalue weighted by atomic mass is 19.4. The number of aromatic amines is 1. The SMILES string of the molecule is CC(C)c1cc(C(=O)N2C[C@@H](C(F)(F)F)[C@H](C(N)=O)C2)cc(=O)[nH]1. The van der Waals surface area contributed by atoms with Crippen LogP contribution < -0.4 is 11.3 Å². The molecule has 1 aliphatic heterocycles. The molecule has 1 aromatic heterocycles. The van der Waals surface area contributed by atoms with Crippen LogP contribution in [-0.2, 0) is 4.79 Å². The van der Waals surface area contributed by atoms with Crippen molar-refractivity contribution in [2.45, 2.75) is 25.9 Å². The molecule has 24 heavy (non-hydrogen) atoms. The van der Waals surface area contributed by atoms with Gasteiger partial charge in [-0.2, -0.15) is 13.2 Å². The number of nitrogens with zero attached hydrogens (tertiary/aromatic N) is 1. The van der Waals surface area contributed by atoms with E-state index in [1.807, 2.05) is 0 Å². The average Bonchev–Trinajstić information content (AvgIpc) is 2.91. The zero-order chi connectivity index (χ0) is 18.2. The summed E-state index contributed by atoms with van der Waals surface area (Å²) in [6.45, 7) is 2.54. The first-order valence-corrected chi connectivity index (χ1v) is 7.40. The second-order valence-corrected chi connectivity index (χ2v) is 6.21. The summed E-state index contributed by atoms with van der Waals surface area (Å²) in [5, 5.41) is 0. The van der Waals surface area contributed by atoms with Gasteiger partial charge in [0, 0.05) is 30.4 Å². The van der Waals surface area contributed by atoms with Gasteiger partial charge in [0.2, 0.25) is 11.5 Å². The Bertz CT molecular complexity index is 712. The molecule has 2 atom stereocenters. The van der Waals surface area contributed by atoms with Crippen LogP contribution in [0.25, 0.3) is 0 Å². The van der Waals surface area contributed by atoms with Gasteiger partial charge >= 0.3 is 6.18 Å². The molecule has 0 saturated carbocycles. The number of alkyl halides is 3. The number of carbonyl (C=O) groups is 2. The summed E-state index contributed by atoms with van der Waals surface area (Å²) < 4.78 is 39.1. The van der Waals surface area contributed by atoms with E-state index in [1.165, 1.54) is 6.07 Å². The lowest BCUT2D eigenvalue weighted by atomic mass is 9.95. The van der Waals surface area contributed by atoms with E-state index in [0.717, 1.165) is 11.0 Å². The number of hydrogen-bond acceptors (Lipinski definition) is 3. The van der Waals surface area contributed by atoms with Gasteiger partial charge in [-0.25, -0.2) is 0 Å². The monoisotopic (exact) mass is 345 g/mol. The molecule has 0 aliphatic carbocycles. The lowest BCUT2D eigenvalue weighted by molar-refractivity contribution is -0.182. The zero-order valence-electron chi connectivity index (χ0n) is 13.2. The standard InChI is InChI=1S/C15H18F3N3O3/c1-7(2)11-3-8(4-12(22)20-11)14(24)21-5-9(13(19)23)10(6-21)15(16,17)18/h3-4,7,9-10H,5-6H2,1-2H3,(H2,19,23)(H,20,22)/t9-,10-/m1/s1. The van der Waals surface area contributed by atoms with Crippen LogP contribution in [-0.4, -0.2) is 41.0 Å². The van der Waals surface area contributed by atoms with E-state index in [-0.39, 0.29) is 11.5 Å². The molecule has 2 heterocycles. The second kappa shape index (κ2) is 6.29. The Morgan fingerprint density at radius 1 is 1.29 bits per heavy atom. The molecule has 3 N–H and O–H groups in total. The number of likely N-dealkylation sites (tertiary alicyclic amines) is 1. The maximum atomic E-state index is 13.0. The number of carbonyl (C=O) groups excluding carboxylic acids is 2. The van der Waals surface area contributed by atoms with Gasteiger partial charge in [-0.1, -0.05) is 13.8 Å². The Morgan fingerprint density at radius 3 is 2.38 bits per heavy atom. The van der Waals surface area contributed by atoms with Crippen molar-refractivity contribution >= 4 is 11.8 Å². The first-order valence-electron chi connectivity index (χ1n) is 7.40. The summed E-state index contributed by atoms with van der Waals surface area (Å²) in [6, 6.07) is 2.48. The fourth-order valence-electron chi connectivity index (χ4n) is 2.77. The largest absolute Gasteiger partial charge is 0.394 e. The summed E-state index contributed by atoms with van der Waals surface area (Å²) in [6.07, 6.45) is -4.63. The number of halogens is 3. The van der Waals surface area contributed by atoms with Crippen molar-refractivity contribution in [2.75, 3.05) is 13.1 Å². The number of primary amides is 1. The molecule has 0 radical (unpaired) electrons. The van der Waals surface area contributed by atoms with E-state index in [9.17, 15) is 27.6 Å². The minimum Gasteiger partial charge on any atom is -0.369 e. The van der Waals surface area contributed by atoms with E-state index in [1.54, 1.807) is 13.8 Å². The van der Waals surface area contributed by atoms with Crippen molar-refractivity contribution < 1.29 is 22.8 Å². The van der Waals surface area contributed by atoms with Gasteiger partial charge in [-0.05, 0) is 12.0 Å². The number of hydrogen-bond donors (Lipinski definition) is 2. The summed E-state index contributed by atoms with van der Waals surface area (Å²) in [5.41, 5.74) is 5.03. The Kier molecular flexibility index (Phi) is 4.73. The Hall–Kier alpha value is -2.32. The molecule has 1 fully saturated rings. The van der Waals surface area contributed by atoms with Gasteiger partial charge in [0.25, 0.3) is 5.91 Å². The van der Waals surface area contributed by atoms with Crippen molar-refractivity contribution in [1.82, 2.24) is 9.88 Å². The number of nitrogens with one attached hydrogen (secondary N) is 1. The molecule has 1 aliphatic rings. The van der Waals surface area contributed by atoms with Crippen LogP contribution in [0.4, 0.5) is 13.2 Å². The number of pyridine rings is 1. The quantitative estimate of drug-likeness (QED) is 0.862. The van der Waals surface area contributed by atoms with E-state index >= 15 is 0 Å². The van der Waals surface area contributed by atoms with Crippen molar-refractivity contribution in [3.05, 3.63) is 33.7 Å². The lowest BCUT2D eigenvalue weighted by Crippen LogP contribution is -2.37. The fourth-order valence-corrected chi connectivity index (χ4v) is 2.77. The normalized spacial score (nSPS) is 21.3. The van der Waals surface area contributed by atoms with Gasteiger partial charge in [0.05, 0.1) is 11.8 Å². The highest BCUT2D eigenvalue weighted by Gasteiger charge is 2.52. The van der Waals surface area contributed by atoms with E-state index < -0.39 is 48.5 Å². The Morgan fingerprint density at radius 2 is 1.92 bits per heavy atom. The van der Waals surface area contributed by atoms with Crippen molar-refractivity contribution in [3.63, 3.8) is 0 Å². The van der Waals surface area contributed by atoms with Crippen molar-refractivity contribution in [2.24, 2.45) is 17.6 Å². The summed E-state index contributed by atoms with van der Waals surface area (Å²) in [4.78, 5) is 38.9. The molecule has 1 saturated heterocycles. The van der Waals surface area contributed by atoms with Crippen LogP contribution in [0.3, 0.4) is 0 Å². The van der Waals surface area contributed by atoms with Crippen LogP contribution in [0.5, 0.6) is 0 Å². The molecular weight excluding hydrogens is 327 g/mol. The van der Waals surface area contributed by atoms with Crippen LogP contribution in [0.15, 0.2) is 16.9 Å². The number of aromatic nitrogens is 1. The molecule has 2 rings (SSSR count). The minimum atomic E-state index is -4.63. The highest BCUT2D eigenvalue weighted by Crippen LogP contribution is 2.37. The molecule has 0 unspecified atom stereocenters. The first kappa shape index (κ1) is 18.0. The average molecular weight is 345 g/mol. The molecule has 132 valence electrons. The van der Waals surface area contributed by atoms with E-state index in [4.69, 9.17) is 5.73 Å². The molecule has 6 nitrogen and oxygen atoms in total. The molecule has 0 bridgehead atoms. The summed E-state index contributed by atoms with van der Waals surface area (Å²) in [7, 11) is 0. The molecule has 1 aromatic rings. The number of nitrogens with two attached hydrogens (primary N) is 1. The third-order valence-corrected chi connectivity index (χ3v) is 4.13. The smallest absolute Gasteiger partial charge is 0.369 e. The van der Waals surface area contributed by atoms with Crippen LogP contribution in [0.1, 0.15) is 35.8 Å². The predicted octanol–water partition coefficient (Wildman–Crippen LogP) is 1.23. The summed E-state index contributed by atoms with van der Waals surface area (Å²) >= 11 is 0. The van der Waals surface area contributed by atoms with Crippen molar-refractivity contribution in [1.29, 1.82) is 0 Å². The fraction of sp³-hybridized carbons (Fsp3) is 0.533. The minimum absolute atomic E-state index is 0.00602. The third kappa shape index (κ3) is 3.60. The predicted molar refractivity (Wildman–Crippen MR) is 79.3 cm³/mol. The molecule has 2 amide bonds. The van der Waals surface area contributed by atoms with Gasteiger partial charge in [-0.15, -0.1) is 0 Å². The zero-order valence-corrected chi connectivity index (χ0v) is 13.2. The maximum Gasteiger partial charge on any atom is 0.394 e. The highest BCUT2D eigenvalue weighted by molar-refractivity contribution is 5.95.